The van der Waals surface area contributed by atoms with Crippen LogP contribution in [-0.2, 0) is 4.79 Å². The fraction of sp³-hybridized carbons (Fsp3) is 0.200. The number of nitrogen functional groups attached to an aromatic ring is 1. The predicted molar refractivity (Wildman–Crippen MR) is 128 cm³/mol. The number of likely N-dealkylation sites (tertiary alicyclic amines) is 1. The van der Waals surface area contributed by atoms with Gasteiger partial charge in [-0.05, 0) is 55.7 Å². The first-order chi connectivity index (χ1) is 17.0. The van der Waals surface area contributed by atoms with Gasteiger partial charge in [-0.2, -0.15) is 0 Å². The maximum absolute atomic E-state index is 13.6. The number of aromatic nitrogens is 4. The molecule has 2 N–H and O–H groups in total. The van der Waals surface area contributed by atoms with Crippen LogP contribution in [0, 0.1) is 17.7 Å². The molecule has 5 rings (SSSR count). The Morgan fingerprint density at radius 2 is 1.97 bits per heavy atom. The highest BCUT2D eigenvalue weighted by atomic mass is 19.1. The summed E-state index contributed by atoms with van der Waals surface area (Å²) in [4.78, 5) is 35.9. The zero-order chi connectivity index (χ0) is 24.5. The Morgan fingerprint density at radius 1 is 1.17 bits per heavy atom. The first-order valence-corrected chi connectivity index (χ1v) is 10.9. The number of carbonyl (C=O) groups is 1. The van der Waals surface area contributed by atoms with Crippen LogP contribution in [0.25, 0.3) is 16.9 Å². The van der Waals surface area contributed by atoms with E-state index in [1.165, 1.54) is 23.0 Å². The Balaban J connectivity index is 1.53. The van der Waals surface area contributed by atoms with Gasteiger partial charge in [0, 0.05) is 19.2 Å². The van der Waals surface area contributed by atoms with E-state index in [0.717, 1.165) is 0 Å². The number of benzene rings is 2. The minimum atomic E-state index is -0.400. The predicted octanol–water partition coefficient (Wildman–Crippen LogP) is 2.89. The molecule has 0 spiro atoms. The van der Waals surface area contributed by atoms with Crippen LogP contribution in [0.5, 0.6) is 11.5 Å². The minimum Gasteiger partial charge on any atom is -0.457 e. The molecule has 0 aliphatic carbocycles. The van der Waals surface area contributed by atoms with Gasteiger partial charge in [0.1, 0.15) is 29.2 Å². The largest absolute Gasteiger partial charge is 0.457 e. The lowest BCUT2D eigenvalue weighted by molar-refractivity contribution is -0.124. The van der Waals surface area contributed by atoms with Crippen molar-refractivity contribution in [2.75, 3.05) is 18.8 Å². The first kappa shape index (κ1) is 22.2. The average molecular weight is 472 g/mol. The van der Waals surface area contributed by atoms with Crippen LogP contribution in [-0.4, -0.2) is 43.0 Å². The molecule has 1 saturated heterocycles. The van der Waals surface area contributed by atoms with Crippen molar-refractivity contribution in [3.63, 3.8) is 0 Å². The molecule has 4 aromatic rings. The third kappa shape index (κ3) is 4.08. The molecule has 1 fully saturated rings. The van der Waals surface area contributed by atoms with Crippen LogP contribution in [0.4, 0.5) is 10.2 Å². The number of nitrogens with zero attached hydrogens (tertiary/aromatic N) is 5. The number of ether oxygens (including phenoxy) is 1. The van der Waals surface area contributed by atoms with E-state index < -0.39 is 5.82 Å². The fourth-order valence-corrected chi connectivity index (χ4v) is 4.29. The molecule has 35 heavy (non-hydrogen) atoms. The molecule has 176 valence electrons. The van der Waals surface area contributed by atoms with Crippen molar-refractivity contribution in [2.24, 2.45) is 0 Å². The van der Waals surface area contributed by atoms with Crippen molar-refractivity contribution < 1.29 is 13.9 Å². The Hall–Kier alpha value is -4.65. The zero-order valence-corrected chi connectivity index (χ0v) is 18.8. The van der Waals surface area contributed by atoms with Crippen molar-refractivity contribution >= 4 is 22.9 Å². The lowest BCUT2D eigenvalue weighted by atomic mass is 10.2. The molecular weight excluding hydrogens is 451 g/mol. The Labute approximate surface area is 199 Å². The number of rotatable bonds is 4. The lowest BCUT2D eigenvalue weighted by Gasteiger charge is -2.14. The minimum absolute atomic E-state index is 0.161. The van der Waals surface area contributed by atoms with Crippen LogP contribution < -0.4 is 16.2 Å². The van der Waals surface area contributed by atoms with Gasteiger partial charge in [0.15, 0.2) is 11.5 Å². The summed E-state index contributed by atoms with van der Waals surface area (Å²) in [6.07, 6.45) is 1.90. The third-order valence-corrected chi connectivity index (χ3v) is 5.85. The van der Waals surface area contributed by atoms with Gasteiger partial charge >= 0.3 is 5.69 Å². The molecular formula is C25H21FN6O3. The highest BCUT2D eigenvalue weighted by Gasteiger charge is 2.31. The Kier molecular flexibility index (Phi) is 5.66. The molecule has 0 saturated carbocycles. The van der Waals surface area contributed by atoms with E-state index in [2.05, 4.69) is 21.8 Å². The molecule has 2 aromatic carbocycles. The molecule has 0 radical (unpaired) electrons. The summed E-state index contributed by atoms with van der Waals surface area (Å²) in [6, 6.07) is 12.3. The maximum Gasteiger partial charge on any atom is 0.335 e. The molecule has 2 aromatic heterocycles. The summed E-state index contributed by atoms with van der Waals surface area (Å²) < 4.78 is 22.2. The van der Waals surface area contributed by atoms with Crippen molar-refractivity contribution in [1.82, 2.24) is 24.0 Å². The molecule has 1 aliphatic rings. The molecule has 1 aliphatic heterocycles. The van der Waals surface area contributed by atoms with Crippen molar-refractivity contribution in [2.45, 2.75) is 19.4 Å². The van der Waals surface area contributed by atoms with Crippen LogP contribution in [0.3, 0.4) is 0 Å². The highest BCUT2D eigenvalue weighted by molar-refractivity contribution is 5.93. The van der Waals surface area contributed by atoms with E-state index in [1.54, 1.807) is 52.8 Å². The molecule has 1 amide bonds. The number of anilines is 1. The number of fused-ring (bicyclic) bond motifs is 1. The second-order valence-corrected chi connectivity index (χ2v) is 8.04. The number of halogens is 1. The quantitative estimate of drug-likeness (QED) is 0.458. The number of hydrogen-bond donors (Lipinski definition) is 1. The zero-order valence-electron chi connectivity index (χ0n) is 18.8. The third-order valence-electron chi connectivity index (χ3n) is 5.85. The monoisotopic (exact) mass is 472 g/mol. The van der Waals surface area contributed by atoms with Crippen molar-refractivity contribution in [3.05, 3.63) is 71.2 Å². The lowest BCUT2D eigenvalue weighted by Crippen LogP contribution is -2.31. The molecule has 3 heterocycles. The summed E-state index contributed by atoms with van der Waals surface area (Å²) in [7, 11) is 0. The smallest absolute Gasteiger partial charge is 0.335 e. The van der Waals surface area contributed by atoms with Crippen LogP contribution >= 0.6 is 0 Å². The molecule has 0 unspecified atom stereocenters. The van der Waals surface area contributed by atoms with Gasteiger partial charge in [-0.25, -0.2) is 19.2 Å². The Bertz CT molecular complexity index is 1550. The van der Waals surface area contributed by atoms with Crippen LogP contribution in [0.2, 0.25) is 0 Å². The number of carbonyl (C=O) groups excluding carboxylic acids is 1. The van der Waals surface area contributed by atoms with Crippen molar-refractivity contribution in [3.8, 4) is 29.0 Å². The van der Waals surface area contributed by atoms with Crippen molar-refractivity contribution in [1.29, 1.82) is 0 Å². The van der Waals surface area contributed by atoms with Gasteiger partial charge in [0.2, 0.25) is 0 Å². The summed E-state index contributed by atoms with van der Waals surface area (Å²) in [5.41, 5.74) is 7.14. The molecule has 10 heteroatoms. The number of nitrogens with two attached hydrogens (primary N) is 1. The van der Waals surface area contributed by atoms with E-state index in [9.17, 15) is 14.0 Å². The van der Waals surface area contributed by atoms with Gasteiger partial charge < -0.3 is 15.4 Å². The van der Waals surface area contributed by atoms with Gasteiger partial charge in [-0.1, -0.05) is 12.0 Å². The van der Waals surface area contributed by atoms with Gasteiger partial charge in [-0.3, -0.25) is 13.9 Å². The van der Waals surface area contributed by atoms with E-state index in [4.69, 9.17) is 10.5 Å². The number of hydrogen-bond acceptors (Lipinski definition) is 6. The van der Waals surface area contributed by atoms with Crippen LogP contribution in [0.1, 0.15) is 19.4 Å². The van der Waals surface area contributed by atoms with Gasteiger partial charge in [-0.15, -0.1) is 0 Å². The molecule has 1 atom stereocenters. The average Bonchev–Trinajstić information content (AvgIpc) is 3.43. The summed E-state index contributed by atoms with van der Waals surface area (Å²) >= 11 is 0. The Morgan fingerprint density at radius 3 is 2.71 bits per heavy atom. The normalized spacial score (nSPS) is 15.1. The van der Waals surface area contributed by atoms with E-state index >= 15 is 0 Å². The number of amides is 1. The molecule has 0 bridgehead atoms. The first-order valence-electron chi connectivity index (χ1n) is 10.9. The highest BCUT2D eigenvalue weighted by Crippen LogP contribution is 2.28. The second kappa shape index (κ2) is 8.95. The van der Waals surface area contributed by atoms with Crippen LogP contribution in [0.15, 0.2) is 59.7 Å². The maximum atomic E-state index is 13.6. The van der Waals surface area contributed by atoms with Gasteiger partial charge in [0.25, 0.3) is 5.91 Å². The van der Waals surface area contributed by atoms with E-state index in [0.29, 0.717) is 47.9 Å². The second-order valence-electron chi connectivity index (χ2n) is 8.04. The summed E-state index contributed by atoms with van der Waals surface area (Å²) in [6.45, 7) is 2.44. The topological polar surface area (TPSA) is 108 Å². The summed E-state index contributed by atoms with van der Waals surface area (Å²) in [5, 5.41) is 0. The SMILES string of the molecule is CC#CC(=O)N1CC[C@@H](n2c(=O)n(-c3ccc(Oc4cccc(F)c4)cc3)c3c(N)ncnc32)C1. The number of imidazole rings is 1. The standard InChI is InChI=1S/C25H21FN6O3/c1-2-4-21(33)30-12-11-18(14-30)32-24-22(23(27)28-15-29-24)31(25(32)34)17-7-9-19(10-8-17)35-20-6-3-5-16(26)13-20/h3,5-10,13,15,18H,11-12,14H2,1H3,(H2,27,28,29)/t18-/m1/s1. The van der Waals surface area contributed by atoms with Gasteiger partial charge in [0.05, 0.1) is 11.7 Å². The molecule has 9 nitrogen and oxygen atoms in total. The van der Waals surface area contributed by atoms with E-state index in [-0.39, 0.29) is 23.5 Å². The summed E-state index contributed by atoms with van der Waals surface area (Å²) in [5.74, 6) is 5.48. The fourth-order valence-electron chi connectivity index (χ4n) is 4.29. The van der Waals surface area contributed by atoms with E-state index in [1.807, 2.05) is 0 Å².